The number of hydrazine groups is 1. The van der Waals surface area contributed by atoms with Gasteiger partial charge >= 0.3 is 12.1 Å². The zero-order chi connectivity index (χ0) is 10.7. The van der Waals surface area contributed by atoms with Crippen LogP contribution in [0.25, 0.3) is 0 Å². The molecule has 0 saturated heterocycles. The maximum Gasteiger partial charge on any atom is 0.341 e. The number of hydrogen-bond acceptors (Lipinski definition) is 4. The number of urea groups is 1. The largest absolute Gasteiger partial charge is 0.350 e. The van der Waals surface area contributed by atoms with Gasteiger partial charge in [-0.25, -0.2) is 9.59 Å². The molecule has 0 aliphatic carbocycles. The first-order chi connectivity index (χ1) is 6.50. The van der Waals surface area contributed by atoms with Crippen molar-refractivity contribution in [1.29, 1.82) is 0 Å². The van der Waals surface area contributed by atoms with E-state index in [1.54, 1.807) is 6.92 Å². The van der Waals surface area contributed by atoms with Gasteiger partial charge < -0.3 is 11.5 Å². The van der Waals surface area contributed by atoms with Crippen LogP contribution in [0.2, 0.25) is 0 Å². The fraction of sp³-hybridized carbons (Fsp3) is 0.167. The zero-order valence-electron chi connectivity index (χ0n) is 7.44. The average molecular weight is 198 g/mol. The van der Waals surface area contributed by atoms with E-state index in [0.717, 1.165) is 4.68 Å². The lowest BCUT2D eigenvalue weighted by molar-refractivity contribution is 0.246. The van der Waals surface area contributed by atoms with Crippen molar-refractivity contribution >= 4 is 17.9 Å². The Hall–Kier alpha value is -2.25. The number of carbonyl (C=O) groups is 2. The molecule has 14 heavy (non-hydrogen) atoms. The van der Waals surface area contributed by atoms with E-state index in [-0.39, 0.29) is 5.82 Å². The predicted molar refractivity (Wildman–Crippen MR) is 48.3 cm³/mol. The second-order valence-corrected chi connectivity index (χ2v) is 2.54. The molecule has 0 aromatic carbocycles. The van der Waals surface area contributed by atoms with Gasteiger partial charge in [0.2, 0.25) is 0 Å². The van der Waals surface area contributed by atoms with Gasteiger partial charge in [-0.3, -0.25) is 10.9 Å². The molecule has 1 aromatic heterocycles. The Kier molecular flexibility index (Phi) is 2.56. The Morgan fingerprint density at radius 3 is 2.64 bits per heavy atom. The molecule has 8 nitrogen and oxygen atoms in total. The van der Waals surface area contributed by atoms with Gasteiger partial charge in [-0.2, -0.15) is 9.78 Å². The number of nitrogens with two attached hydrogens (primary N) is 2. The van der Waals surface area contributed by atoms with Crippen molar-refractivity contribution in [3.05, 3.63) is 11.8 Å². The molecule has 0 spiro atoms. The molecular formula is C6H10N6O2. The van der Waals surface area contributed by atoms with Crippen molar-refractivity contribution < 1.29 is 9.59 Å². The molecule has 0 aliphatic heterocycles. The fourth-order valence-electron chi connectivity index (χ4n) is 0.882. The van der Waals surface area contributed by atoms with Gasteiger partial charge in [0.1, 0.15) is 0 Å². The highest BCUT2D eigenvalue weighted by Gasteiger charge is 2.09. The molecule has 1 heterocycles. The van der Waals surface area contributed by atoms with Crippen molar-refractivity contribution in [3.63, 3.8) is 0 Å². The fourth-order valence-corrected chi connectivity index (χ4v) is 0.882. The number of primary amides is 2. The number of carbonyl (C=O) groups excluding carboxylic acids is 2. The highest BCUT2D eigenvalue weighted by molar-refractivity contribution is 5.79. The quantitative estimate of drug-likeness (QED) is 0.459. The van der Waals surface area contributed by atoms with E-state index in [1.165, 1.54) is 6.07 Å². The second-order valence-electron chi connectivity index (χ2n) is 2.54. The summed E-state index contributed by atoms with van der Waals surface area (Å²) in [6.07, 6.45) is 0. The van der Waals surface area contributed by atoms with E-state index in [9.17, 15) is 9.59 Å². The minimum Gasteiger partial charge on any atom is -0.350 e. The van der Waals surface area contributed by atoms with Crippen molar-refractivity contribution in [1.82, 2.24) is 15.2 Å². The molecule has 1 aromatic rings. The monoisotopic (exact) mass is 198 g/mol. The molecule has 0 aliphatic rings. The standard InChI is InChI=1S/C6H10N6O2/c1-3-2-4(9-10-5(7)13)12(11-3)6(8)14/h2,9H,1H3,(H2,8,14)(H3,7,10,13). The first-order valence-electron chi connectivity index (χ1n) is 3.68. The van der Waals surface area contributed by atoms with Gasteiger partial charge in [0, 0.05) is 6.07 Å². The highest BCUT2D eigenvalue weighted by atomic mass is 16.2. The average Bonchev–Trinajstić information content (AvgIpc) is 2.43. The van der Waals surface area contributed by atoms with Gasteiger partial charge in [0.05, 0.1) is 5.69 Å². The van der Waals surface area contributed by atoms with Crippen molar-refractivity contribution in [3.8, 4) is 0 Å². The number of hydrogen-bond donors (Lipinski definition) is 4. The molecular weight excluding hydrogens is 188 g/mol. The van der Waals surface area contributed by atoms with E-state index in [1.807, 2.05) is 0 Å². The number of nitrogens with zero attached hydrogens (tertiary/aromatic N) is 2. The smallest absolute Gasteiger partial charge is 0.341 e. The van der Waals surface area contributed by atoms with Gasteiger partial charge in [-0.1, -0.05) is 0 Å². The minimum atomic E-state index is -0.778. The summed E-state index contributed by atoms with van der Waals surface area (Å²) in [6, 6.07) is -0.00695. The molecule has 1 rings (SSSR count). The van der Waals surface area contributed by atoms with E-state index in [0.29, 0.717) is 5.69 Å². The SMILES string of the molecule is Cc1cc(NNC(N)=O)n(C(N)=O)n1. The van der Waals surface area contributed by atoms with Crippen molar-refractivity contribution in [2.24, 2.45) is 11.5 Å². The third-order valence-electron chi connectivity index (χ3n) is 1.35. The minimum absolute atomic E-state index is 0.244. The molecule has 0 bridgehead atoms. The summed E-state index contributed by atoms with van der Waals surface area (Å²) >= 11 is 0. The summed E-state index contributed by atoms with van der Waals surface area (Å²) in [5, 5.41) is 3.78. The number of anilines is 1. The van der Waals surface area contributed by atoms with Gasteiger partial charge in [0.25, 0.3) is 0 Å². The molecule has 8 heteroatoms. The van der Waals surface area contributed by atoms with Crippen LogP contribution < -0.4 is 22.3 Å². The second kappa shape index (κ2) is 3.64. The van der Waals surface area contributed by atoms with Gasteiger partial charge in [-0.15, -0.1) is 0 Å². The molecule has 0 unspecified atom stereocenters. The third kappa shape index (κ3) is 2.12. The normalized spacial score (nSPS) is 9.50. The summed E-state index contributed by atoms with van der Waals surface area (Å²) in [6.45, 7) is 1.68. The number of amides is 3. The molecule has 0 fully saturated rings. The van der Waals surface area contributed by atoms with Crippen LogP contribution in [0.15, 0.2) is 6.07 Å². The topological polar surface area (TPSA) is 128 Å². The van der Waals surface area contributed by atoms with E-state index >= 15 is 0 Å². The Labute approximate surface area is 79.2 Å². The summed E-state index contributed by atoms with van der Waals surface area (Å²) in [4.78, 5) is 21.2. The Morgan fingerprint density at radius 2 is 2.14 bits per heavy atom. The molecule has 76 valence electrons. The number of rotatable bonds is 2. The van der Waals surface area contributed by atoms with Crippen LogP contribution in [0.4, 0.5) is 15.4 Å². The molecule has 6 N–H and O–H groups in total. The molecule has 0 atom stereocenters. The lowest BCUT2D eigenvalue weighted by Gasteiger charge is -2.05. The van der Waals surface area contributed by atoms with E-state index in [4.69, 9.17) is 11.5 Å². The Balaban J connectivity index is 2.84. The third-order valence-corrected chi connectivity index (χ3v) is 1.35. The van der Waals surface area contributed by atoms with Crippen LogP contribution in [0.5, 0.6) is 0 Å². The first-order valence-corrected chi connectivity index (χ1v) is 3.68. The van der Waals surface area contributed by atoms with Gasteiger partial charge in [0.15, 0.2) is 5.82 Å². The van der Waals surface area contributed by atoms with Crippen LogP contribution in [-0.2, 0) is 0 Å². The van der Waals surface area contributed by atoms with E-state index in [2.05, 4.69) is 16.0 Å². The highest BCUT2D eigenvalue weighted by Crippen LogP contribution is 2.07. The summed E-state index contributed by atoms with van der Waals surface area (Å²) in [7, 11) is 0. The molecule has 0 saturated carbocycles. The molecule has 0 radical (unpaired) electrons. The summed E-state index contributed by atoms with van der Waals surface area (Å²) < 4.78 is 0.908. The number of aryl methyl sites for hydroxylation is 1. The van der Waals surface area contributed by atoms with Crippen LogP contribution in [-0.4, -0.2) is 21.8 Å². The van der Waals surface area contributed by atoms with Crippen molar-refractivity contribution in [2.75, 3.05) is 5.43 Å². The van der Waals surface area contributed by atoms with Crippen LogP contribution in [0, 0.1) is 6.92 Å². The first kappa shape index (κ1) is 9.84. The lowest BCUT2D eigenvalue weighted by Crippen LogP contribution is -2.36. The summed E-state index contributed by atoms with van der Waals surface area (Å²) in [5.41, 5.74) is 14.9. The molecule has 3 amide bonds. The lowest BCUT2D eigenvalue weighted by atomic mass is 10.5. The van der Waals surface area contributed by atoms with Gasteiger partial charge in [-0.05, 0) is 6.92 Å². The maximum atomic E-state index is 10.8. The van der Waals surface area contributed by atoms with Crippen LogP contribution >= 0.6 is 0 Å². The Bertz CT molecular complexity index is 370. The summed E-state index contributed by atoms with van der Waals surface area (Å²) in [5.74, 6) is 0.244. The number of aromatic nitrogens is 2. The number of nitrogens with one attached hydrogen (secondary N) is 2. The van der Waals surface area contributed by atoms with E-state index < -0.39 is 12.1 Å². The maximum absolute atomic E-state index is 10.8. The van der Waals surface area contributed by atoms with Crippen LogP contribution in [0.1, 0.15) is 5.69 Å². The Morgan fingerprint density at radius 1 is 1.50 bits per heavy atom. The zero-order valence-corrected chi connectivity index (χ0v) is 7.44. The van der Waals surface area contributed by atoms with Crippen LogP contribution in [0.3, 0.4) is 0 Å². The predicted octanol–water partition coefficient (Wildman–Crippen LogP) is -0.886. The van der Waals surface area contributed by atoms with Crippen molar-refractivity contribution in [2.45, 2.75) is 6.92 Å².